The van der Waals surface area contributed by atoms with Crippen LogP contribution < -0.4 is 0 Å². The fraction of sp³-hybridized carbons (Fsp3) is 0.100. The summed E-state index contributed by atoms with van der Waals surface area (Å²) in [5.41, 5.74) is 2.13. The zero-order valence-corrected chi connectivity index (χ0v) is 6.33. The molecule has 0 fully saturated rings. The lowest BCUT2D eigenvalue weighted by atomic mass is 10.2. The number of hydrogen-bond acceptors (Lipinski definition) is 1. The number of rotatable bonds is 0. The lowest BCUT2D eigenvalue weighted by molar-refractivity contribution is 1.33. The van der Waals surface area contributed by atoms with E-state index in [0.717, 1.165) is 10.9 Å². The Morgan fingerprint density at radius 1 is 1.45 bits per heavy atom. The fourth-order valence-corrected chi connectivity index (χ4v) is 1.12. The summed E-state index contributed by atoms with van der Waals surface area (Å²) in [4.78, 5) is 4.23. The molecule has 0 aliphatic heterocycles. The van der Waals surface area contributed by atoms with Gasteiger partial charge in [-0.25, -0.2) is 0 Å². The topological polar surface area (TPSA) is 12.9 Å². The summed E-state index contributed by atoms with van der Waals surface area (Å²) in [7, 11) is 0. The van der Waals surface area contributed by atoms with Crippen molar-refractivity contribution in [3.63, 3.8) is 0 Å². The van der Waals surface area contributed by atoms with Gasteiger partial charge in [-0.15, -0.1) is 0 Å². The van der Waals surface area contributed by atoms with E-state index in [1.165, 1.54) is 5.56 Å². The molecular formula is C10H8N. The number of pyridine rings is 1. The first-order valence-corrected chi connectivity index (χ1v) is 3.59. The van der Waals surface area contributed by atoms with Crippen LogP contribution in [0.3, 0.4) is 0 Å². The molecule has 0 saturated heterocycles. The van der Waals surface area contributed by atoms with E-state index >= 15 is 0 Å². The molecule has 0 spiro atoms. The highest BCUT2D eigenvalue weighted by molar-refractivity contribution is 5.77. The second-order valence-electron chi connectivity index (χ2n) is 2.62. The first-order valence-electron chi connectivity index (χ1n) is 3.59. The zero-order chi connectivity index (χ0) is 7.68. The maximum Gasteiger partial charge on any atom is 0.0781 e. The molecule has 2 rings (SSSR count). The number of hydrogen-bond donors (Lipinski definition) is 0. The molecule has 1 radical (unpaired) electrons. The average molecular weight is 142 g/mol. The van der Waals surface area contributed by atoms with Crippen LogP contribution in [0.1, 0.15) is 5.56 Å². The molecule has 0 saturated carbocycles. The van der Waals surface area contributed by atoms with Crippen molar-refractivity contribution >= 4 is 10.9 Å². The third kappa shape index (κ3) is 1.09. The summed E-state index contributed by atoms with van der Waals surface area (Å²) in [5, 5.41) is 1.16. The van der Waals surface area contributed by atoms with Crippen molar-refractivity contribution < 1.29 is 0 Å². The predicted octanol–water partition coefficient (Wildman–Crippen LogP) is 2.34. The van der Waals surface area contributed by atoms with E-state index in [4.69, 9.17) is 0 Å². The van der Waals surface area contributed by atoms with E-state index in [-0.39, 0.29) is 0 Å². The molecule has 0 bridgehead atoms. The summed E-state index contributed by atoms with van der Waals surface area (Å²) in [6, 6.07) is 11.1. The van der Waals surface area contributed by atoms with Gasteiger partial charge >= 0.3 is 0 Å². The Balaban J connectivity index is 2.83. The molecule has 1 heteroatoms. The molecule has 11 heavy (non-hydrogen) atoms. The smallest absolute Gasteiger partial charge is 0.0781 e. The molecule has 53 valence electrons. The van der Waals surface area contributed by atoms with E-state index in [0.29, 0.717) is 0 Å². The van der Waals surface area contributed by atoms with Gasteiger partial charge in [0, 0.05) is 17.6 Å². The third-order valence-corrected chi connectivity index (χ3v) is 1.65. The highest BCUT2D eigenvalue weighted by Crippen LogP contribution is 2.10. The number of aromatic nitrogens is 1. The highest BCUT2D eigenvalue weighted by Gasteiger charge is 1.91. The quantitative estimate of drug-likeness (QED) is 0.550. The van der Waals surface area contributed by atoms with Crippen molar-refractivity contribution in [1.29, 1.82) is 0 Å². The van der Waals surface area contributed by atoms with E-state index in [9.17, 15) is 0 Å². The lowest BCUT2D eigenvalue weighted by Gasteiger charge is -1.95. The van der Waals surface area contributed by atoms with Crippen molar-refractivity contribution in [3.8, 4) is 0 Å². The van der Waals surface area contributed by atoms with Crippen LogP contribution in [0.15, 0.2) is 30.5 Å². The molecule has 1 aromatic heterocycles. The molecule has 1 nitrogen and oxygen atoms in total. The second-order valence-corrected chi connectivity index (χ2v) is 2.62. The average Bonchev–Trinajstić information content (AvgIpc) is 2.04. The molecule has 1 aromatic carbocycles. The number of fused-ring (bicyclic) bond motifs is 1. The lowest BCUT2D eigenvalue weighted by Crippen LogP contribution is -1.79. The third-order valence-electron chi connectivity index (χ3n) is 1.65. The standard InChI is InChI=1S/C10H8N/c1-8-6-9-4-2-3-5-10(9)11-7-8/h2-4,6-7H,1H3. The minimum absolute atomic E-state index is 0.943. The normalized spacial score (nSPS) is 10.3. The van der Waals surface area contributed by atoms with Crippen molar-refractivity contribution in [2.45, 2.75) is 6.92 Å². The molecule has 1 heterocycles. The molecule has 2 aromatic rings. The van der Waals surface area contributed by atoms with Crippen LogP contribution in [0.25, 0.3) is 10.9 Å². The monoisotopic (exact) mass is 142 g/mol. The Morgan fingerprint density at radius 3 is 3.27 bits per heavy atom. The van der Waals surface area contributed by atoms with Crippen LogP contribution >= 0.6 is 0 Å². The number of para-hydroxylation sites is 1. The van der Waals surface area contributed by atoms with Gasteiger partial charge in [-0.1, -0.05) is 18.2 Å². The van der Waals surface area contributed by atoms with Crippen LogP contribution in [0.5, 0.6) is 0 Å². The summed E-state index contributed by atoms with van der Waals surface area (Å²) in [5.74, 6) is 0. The summed E-state index contributed by atoms with van der Waals surface area (Å²) >= 11 is 0. The van der Waals surface area contributed by atoms with Gasteiger partial charge in [0.2, 0.25) is 0 Å². The van der Waals surface area contributed by atoms with Gasteiger partial charge in [-0.05, 0) is 18.6 Å². The minimum Gasteiger partial charge on any atom is -0.255 e. The van der Waals surface area contributed by atoms with Crippen molar-refractivity contribution in [1.82, 2.24) is 4.98 Å². The molecule has 0 aliphatic carbocycles. The Labute approximate surface area is 65.7 Å². The number of nitrogens with zero attached hydrogens (tertiary/aromatic N) is 1. The van der Waals surface area contributed by atoms with Gasteiger partial charge in [-0.2, -0.15) is 0 Å². The number of benzene rings is 1. The van der Waals surface area contributed by atoms with E-state index in [1.807, 2.05) is 31.3 Å². The van der Waals surface area contributed by atoms with Crippen LogP contribution in [0.4, 0.5) is 0 Å². The van der Waals surface area contributed by atoms with Crippen molar-refractivity contribution in [2.24, 2.45) is 0 Å². The summed E-state index contributed by atoms with van der Waals surface area (Å²) < 4.78 is 0. The molecular weight excluding hydrogens is 134 g/mol. The van der Waals surface area contributed by atoms with Gasteiger partial charge in [0.25, 0.3) is 0 Å². The van der Waals surface area contributed by atoms with Gasteiger partial charge in [0.05, 0.1) is 5.52 Å². The van der Waals surface area contributed by atoms with E-state index < -0.39 is 0 Å². The minimum atomic E-state index is 0.943. The predicted molar refractivity (Wildman–Crippen MR) is 45.3 cm³/mol. The van der Waals surface area contributed by atoms with Gasteiger partial charge in [0.15, 0.2) is 0 Å². The summed E-state index contributed by atoms with van der Waals surface area (Å²) in [6.07, 6.45) is 1.86. The first-order chi connectivity index (χ1) is 5.36. The van der Waals surface area contributed by atoms with E-state index in [1.54, 1.807) is 0 Å². The first kappa shape index (κ1) is 6.35. The Morgan fingerprint density at radius 2 is 2.36 bits per heavy atom. The largest absolute Gasteiger partial charge is 0.255 e. The zero-order valence-electron chi connectivity index (χ0n) is 6.33. The Bertz CT molecular complexity index is 379. The Hall–Kier alpha value is -1.37. The fourth-order valence-electron chi connectivity index (χ4n) is 1.12. The molecule has 0 amide bonds. The highest BCUT2D eigenvalue weighted by atomic mass is 14.6. The van der Waals surface area contributed by atoms with Crippen molar-refractivity contribution in [2.75, 3.05) is 0 Å². The summed E-state index contributed by atoms with van der Waals surface area (Å²) in [6.45, 7) is 2.04. The van der Waals surface area contributed by atoms with Crippen LogP contribution in [0, 0.1) is 13.0 Å². The molecule has 0 atom stereocenters. The van der Waals surface area contributed by atoms with Crippen LogP contribution in [0.2, 0.25) is 0 Å². The van der Waals surface area contributed by atoms with Crippen molar-refractivity contribution in [3.05, 3.63) is 42.1 Å². The van der Waals surface area contributed by atoms with Gasteiger partial charge in [-0.3, -0.25) is 4.98 Å². The molecule has 0 aliphatic rings. The van der Waals surface area contributed by atoms with Gasteiger partial charge < -0.3 is 0 Å². The molecule has 0 unspecified atom stereocenters. The van der Waals surface area contributed by atoms with E-state index in [2.05, 4.69) is 17.1 Å². The maximum atomic E-state index is 4.23. The van der Waals surface area contributed by atoms with Crippen LogP contribution in [-0.2, 0) is 0 Å². The SMILES string of the molecule is Cc1cnc2[c]cccc2c1. The molecule has 0 N–H and O–H groups in total. The second kappa shape index (κ2) is 2.35. The number of aryl methyl sites for hydroxylation is 1. The van der Waals surface area contributed by atoms with Gasteiger partial charge in [0.1, 0.15) is 0 Å². The Kier molecular flexibility index (Phi) is 1.35. The maximum absolute atomic E-state index is 4.23. The van der Waals surface area contributed by atoms with Crippen LogP contribution in [-0.4, -0.2) is 4.98 Å².